The fourth-order valence-corrected chi connectivity index (χ4v) is 4.85. The topological polar surface area (TPSA) is 36.4 Å². The molecule has 2 saturated heterocycles. The number of aromatic nitrogens is 1. The van der Waals surface area contributed by atoms with E-state index in [1.165, 1.54) is 16.2 Å². The summed E-state index contributed by atoms with van der Waals surface area (Å²) in [4.78, 5) is 22.7. The highest BCUT2D eigenvalue weighted by atomic mass is 32.1. The van der Waals surface area contributed by atoms with E-state index in [4.69, 9.17) is 0 Å². The number of amides is 1. The number of carbonyl (C=O) groups is 1. The molecule has 2 aliphatic rings. The van der Waals surface area contributed by atoms with E-state index in [9.17, 15) is 4.79 Å². The molecule has 0 aromatic carbocycles. The van der Waals surface area contributed by atoms with Crippen LogP contribution in [-0.2, 0) is 6.54 Å². The third-order valence-electron chi connectivity index (χ3n) is 4.54. The molecule has 4 rings (SSSR count). The monoisotopic (exact) mass is 319 g/mol. The van der Waals surface area contributed by atoms with Gasteiger partial charge in [-0.3, -0.25) is 9.69 Å². The standard InChI is InChI=1S/C15H17N3OS2/c19-15(12-9-20-10-16-12)18-6-4-13-14(18)3-5-17(13)8-11-2-1-7-21-11/h1-2,7,9-10,13-14H,3-6,8H2/t13-,14+/m1/s1. The van der Waals surface area contributed by atoms with E-state index >= 15 is 0 Å². The van der Waals surface area contributed by atoms with Crippen LogP contribution in [0.4, 0.5) is 0 Å². The molecule has 2 atom stereocenters. The van der Waals surface area contributed by atoms with Gasteiger partial charge in [-0.25, -0.2) is 4.98 Å². The second kappa shape index (κ2) is 5.51. The number of nitrogens with zero attached hydrogens (tertiary/aromatic N) is 3. The molecule has 0 bridgehead atoms. The second-order valence-electron chi connectivity index (χ2n) is 5.63. The third kappa shape index (κ3) is 2.41. The average molecular weight is 319 g/mol. The Morgan fingerprint density at radius 2 is 2.24 bits per heavy atom. The number of carbonyl (C=O) groups excluding carboxylic acids is 1. The molecule has 6 heteroatoms. The molecule has 0 saturated carbocycles. The molecule has 0 unspecified atom stereocenters. The molecule has 2 aromatic rings. The van der Waals surface area contributed by atoms with Gasteiger partial charge in [0.15, 0.2) is 0 Å². The molecular formula is C15H17N3OS2. The number of hydrogen-bond acceptors (Lipinski definition) is 5. The zero-order valence-corrected chi connectivity index (χ0v) is 13.3. The van der Waals surface area contributed by atoms with E-state index < -0.39 is 0 Å². The maximum Gasteiger partial charge on any atom is 0.273 e. The van der Waals surface area contributed by atoms with Crippen LogP contribution in [0, 0.1) is 0 Å². The summed E-state index contributed by atoms with van der Waals surface area (Å²) in [5.41, 5.74) is 2.34. The van der Waals surface area contributed by atoms with Crippen molar-refractivity contribution in [3.63, 3.8) is 0 Å². The quantitative estimate of drug-likeness (QED) is 0.873. The Labute approximate surface area is 132 Å². The minimum Gasteiger partial charge on any atom is -0.333 e. The first-order valence-corrected chi connectivity index (χ1v) is 9.11. The summed E-state index contributed by atoms with van der Waals surface area (Å²) < 4.78 is 0. The molecule has 2 aromatic heterocycles. The third-order valence-corrected chi connectivity index (χ3v) is 5.99. The number of hydrogen-bond donors (Lipinski definition) is 0. The molecule has 0 N–H and O–H groups in total. The van der Waals surface area contributed by atoms with Crippen molar-refractivity contribution < 1.29 is 4.79 Å². The van der Waals surface area contributed by atoms with Gasteiger partial charge in [-0.05, 0) is 24.3 Å². The summed E-state index contributed by atoms with van der Waals surface area (Å²) in [6, 6.07) is 5.21. The van der Waals surface area contributed by atoms with E-state index in [0.29, 0.717) is 17.8 Å². The number of likely N-dealkylation sites (tertiary alicyclic amines) is 2. The minimum atomic E-state index is 0.113. The van der Waals surface area contributed by atoms with E-state index in [-0.39, 0.29) is 5.91 Å². The van der Waals surface area contributed by atoms with Crippen LogP contribution in [-0.4, -0.2) is 45.9 Å². The van der Waals surface area contributed by atoms with Crippen LogP contribution >= 0.6 is 22.7 Å². The first kappa shape index (κ1) is 13.4. The molecule has 1 amide bonds. The van der Waals surface area contributed by atoms with Gasteiger partial charge in [-0.1, -0.05) is 6.07 Å². The fourth-order valence-electron chi connectivity index (χ4n) is 3.59. The van der Waals surface area contributed by atoms with Crippen molar-refractivity contribution in [3.05, 3.63) is 39.0 Å². The SMILES string of the molecule is O=C(c1cscn1)N1CC[C@@H]2[C@@H]1CCN2Cc1cccs1. The molecule has 21 heavy (non-hydrogen) atoms. The Hall–Kier alpha value is -1.24. The Kier molecular flexibility index (Phi) is 3.52. The van der Waals surface area contributed by atoms with Gasteiger partial charge in [0.1, 0.15) is 5.69 Å². The predicted octanol–water partition coefficient (Wildman–Crippen LogP) is 2.69. The zero-order valence-electron chi connectivity index (χ0n) is 11.6. The molecule has 2 fully saturated rings. The van der Waals surface area contributed by atoms with Gasteiger partial charge < -0.3 is 4.90 Å². The van der Waals surface area contributed by atoms with Crippen molar-refractivity contribution in [3.8, 4) is 0 Å². The van der Waals surface area contributed by atoms with Crippen molar-refractivity contribution in [2.24, 2.45) is 0 Å². The summed E-state index contributed by atoms with van der Waals surface area (Å²) in [5.74, 6) is 0.113. The Bertz CT molecular complexity index is 611. The summed E-state index contributed by atoms with van der Waals surface area (Å²) in [6.45, 7) is 2.98. The lowest BCUT2D eigenvalue weighted by Crippen LogP contribution is -2.39. The van der Waals surface area contributed by atoms with E-state index in [1.807, 2.05) is 21.6 Å². The number of fused-ring (bicyclic) bond motifs is 1. The molecule has 0 aliphatic carbocycles. The van der Waals surface area contributed by atoms with Gasteiger partial charge in [0, 0.05) is 42.0 Å². The van der Waals surface area contributed by atoms with Gasteiger partial charge >= 0.3 is 0 Å². The summed E-state index contributed by atoms with van der Waals surface area (Å²) >= 11 is 3.31. The van der Waals surface area contributed by atoms with Crippen LogP contribution in [0.1, 0.15) is 28.2 Å². The zero-order chi connectivity index (χ0) is 14.2. The van der Waals surface area contributed by atoms with E-state index in [2.05, 4.69) is 27.4 Å². The minimum absolute atomic E-state index is 0.113. The molecular weight excluding hydrogens is 302 g/mol. The van der Waals surface area contributed by atoms with Crippen LogP contribution < -0.4 is 0 Å². The van der Waals surface area contributed by atoms with Crippen LogP contribution in [0.3, 0.4) is 0 Å². The summed E-state index contributed by atoms with van der Waals surface area (Å²) in [7, 11) is 0. The van der Waals surface area contributed by atoms with Crippen molar-refractivity contribution in [1.82, 2.24) is 14.8 Å². The van der Waals surface area contributed by atoms with Crippen molar-refractivity contribution in [2.75, 3.05) is 13.1 Å². The van der Waals surface area contributed by atoms with Gasteiger partial charge in [0.25, 0.3) is 5.91 Å². The first-order valence-electron chi connectivity index (χ1n) is 7.28. The maximum atomic E-state index is 12.5. The molecule has 0 radical (unpaired) electrons. The van der Waals surface area contributed by atoms with E-state index in [0.717, 1.165) is 32.5 Å². The number of rotatable bonds is 3. The normalized spacial score (nSPS) is 25.4. The van der Waals surface area contributed by atoms with Crippen molar-refractivity contribution in [1.29, 1.82) is 0 Å². The van der Waals surface area contributed by atoms with Gasteiger partial charge in [0.2, 0.25) is 0 Å². The van der Waals surface area contributed by atoms with Crippen LogP contribution in [0.5, 0.6) is 0 Å². The average Bonchev–Trinajstić information content (AvgIpc) is 3.26. The Balaban J connectivity index is 1.47. The predicted molar refractivity (Wildman–Crippen MR) is 84.7 cm³/mol. The van der Waals surface area contributed by atoms with Crippen LogP contribution in [0.25, 0.3) is 0 Å². The largest absolute Gasteiger partial charge is 0.333 e. The highest BCUT2D eigenvalue weighted by Crippen LogP contribution is 2.34. The van der Waals surface area contributed by atoms with E-state index in [1.54, 1.807) is 5.51 Å². The fraction of sp³-hybridized carbons (Fsp3) is 0.467. The Morgan fingerprint density at radius 1 is 1.33 bits per heavy atom. The summed E-state index contributed by atoms with van der Waals surface area (Å²) in [5, 5.41) is 3.99. The number of thiazole rings is 1. The lowest BCUT2D eigenvalue weighted by atomic mass is 10.1. The van der Waals surface area contributed by atoms with Crippen LogP contribution in [0.2, 0.25) is 0 Å². The van der Waals surface area contributed by atoms with Crippen LogP contribution in [0.15, 0.2) is 28.4 Å². The molecule has 4 nitrogen and oxygen atoms in total. The lowest BCUT2D eigenvalue weighted by molar-refractivity contribution is 0.0727. The molecule has 4 heterocycles. The van der Waals surface area contributed by atoms with Gasteiger partial charge in [-0.2, -0.15) is 0 Å². The molecule has 0 spiro atoms. The first-order chi connectivity index (χ1) is 10.3. The second-order valence-corrected chi connectivity index (χ2v) is 7.39. The maximum absolute atomic E-state index is 12.5. The summed E-state index contributed by atoms with van der Waals surface area (Å²) in [6.07, 6.45) is 2.18. The smallest absolute Gasteiger partial charge is 0.273 e. The van der Waals surface area contributed by atoms with Crippen molar-refractivity contribution >= 4 is 28.6 Å². The lowest BCUT2D eigenvalue weighted by Gasteiger charge is -2.25. The highest BCUT2D eigenvalue weighted by molar-refractivity contribution is 7.09. The van der Waals surface area contributed by atoms with Crippen molar-refractivity contribution in [2.45, 2.75) is 31.5 Å². The Morgan fingerprint density at radius 3 is 3.00 bits per heavy atom. The number of thiophene rings is 1. The molecule has 110 valence electrons. The van der Waals surface area contributed by atoms with Gasteiger partial charge in [-0.15, -0.1) is 22.7 Å². The molecule has 2 aliphatic heterocycles. The highest BCUT2D eigenvalue weighted by Gasteiger charge is 2.44. The van der Waals surface area contributed by atoms with Gasteiger partial charge in [0.05, 0.1) is 5.51 Å².